The summed E-state index contributed by atoms with van der Waals surface area (Å²) in [4.78, 5) is 25.5. The van der Waals surface area contributed by atoms with Crippen LogP contribution in [0.15, 0.2) is 11.9 Å². The first-order chi connectivity index (χ1) is 10.3. The molecule has 0 aromatic carbocycles. The van der Waals surface area contributed by atoms with E-state index < -0.39 is 19.9 Å². The molecule has 1 aliphatic heterocycles. The van der Waals surface area contributed by atoms with E-state index in [1.807, 2.05) is 0 Å². The highest BCUT2D eigenvalue weighted by atomic mass is 31.2. The number of ether oxygens (including phenoxy) is 1. The Kier molecular flexibility index (Phi) is 3.57. The molecule has 0 radical (unpaired) electrons. The van der Waals surface area contributed by atoms with E-state index in [2.05, 4.69) is 20.3 Å². The summed E-state index contributed by atoms with van der Waals surface area (Å²) in [5.74, 6) is 0.964. The summed E-state index contributed by atoms with van der Waals surface area (Å²) < 4.78 is 17.9. The molecular weight excluding hydrogens is 313 g/mol. The van der Waals surface area contributed by atoms with Gasteiger partial charge in [0.1, 0.15) is 0 Å². The minimum atomic E-state index is -4.20. The van der Waals surface area contributed by atoms with E-state index in [9.17, 15) is 4.57 Å². The molecule has 12 heteroatoms. The van der Waals surface area contributed by atoms with Crippen LogP contribution < -0.4 is 11.5 Å². The van der Waals surface area contributed by atoms with E-state index in [-0.39, 0.29) is 11.8 Å². The zero-order chi connectivity index (χ0) is 15.9. The Morgan fingerprint density at radius 1 is 1.32 bits per heavy atom. The summed E-state index contributed by atoms with van der Waals surface area (Å²) in [6.07, 6.45) is 1.62. The standard InChI is InChI=1S/C10H14N7O4P/c11-8-7-9(14-10(12)13-8)17(16-15-7)6-2-1-5(21-6)3-4-22(18,19)20/h3-6H,1-2H2,(H2,18,19,20)(H4,11,12,13,14)/b4-3+/t5-,6+/m0/s1. The highest BCUT2D eigenvalue weighted by Gasteiger charge is 2.28. The van der Waals surface area contributed by atoms with Crippen LogP contribution in [-0.4, -0.2) is 40.9 Å². The fourth-order valence-electron chi connectivity index (χ4n) is 2.24. The van der Waals surface area contributed by atoms with Crippen LogP contribution in [0.25, 0.3) is 11.2 Å². The van der Waals surface area contributed by atoms with E-state index in [0.717, 1.165) is 5.82 Å². The fraction of sp³-hybridized carbons (Fsp3) is 0.400. The van der Waals surface area contributed by atoms with Crippen LogP contribution in [0.5, 0.6) is 0 Å². The van der Waals surface area contributed by atoms with E-state index in [0.29, 0.717) is 24.0 Å². The van der Waals surface area contributed by atoms with Gasteiger partial charge in [-0.05, 0) is 18.9 Å². The van der Waals surface area contributed by atoms with Crippen LogP contribution in [-0.2, 0) is 9.30 Å². The number of anilines is 2. The largest absolute Gasteiger partial charge is 0.382 e. The number of fused-ring (bicyclic) bond motifs is 1. The quantitative estimate of drug-likeness (QED) is 0.550. The highest BCUT2D eigenvalue weighted by molar-refractivity contribution is 7.55. The minimum Gasteiger partial charge on any atom is -0.382 e. The van der Waals surface area contributed by atoms with Gasteiger partial charge < -0.3 is 26.0 Å². The van der Waals surface area contributed by atoms with Crippen LogP contribution in [0.4, 0.5) is 11.8 Å². The lowest BCUT2D eigenvalue weighted by Crippen LogP contribution is -2.12. The second kappa shape index (κ2) is 5.29. The number of nitrogens with zero attached hydrogens (tertiary/aromatic N) is 5. The molecule has 1 aliphatic rings. The van der Waals surface area contributed by atoms with Crippen molar-refractivity contribution in [3.63, 3.8) is 0 Å². The summed E-state index contributed by atoms with van der Waals surface area (Å²) in [6.45, 7) is 0. The zero-order valence-electron chi connectivity index (χ0n) is 11.3. The smallest absolute Gasteiger partial charge is 0.348 e. The maximum atomic E-state index is 10.8. The molecule has 2 atom stereocenters. The second-order valence-corrected chi connectivity index (χ2v) is 6.29. The lowest BCUT2D eigenvalue weighted by molar-refractivity contribution is 0.0167. The van der Waals surface area contributed by atoms with Gasteiger partial charge in [0.25, 0.3) is 0 Å². The Morgan fingerprint density at radius 3 is 2.82 bits per heavy atom. The molecule has 0 unspecified atom stereocenters. The van der Waals surface area contributed by atoms with Gasteiger partial charge in [0.2, 0.25) is 5.95 Å². The first-order valence-corrected chi connectivity index (χ1v) is 8.05. The third kappa shape index (κ3) is 2.92. The van der Waals surface area contributed by atoms with Crippen molar-refractivity contribution in [3.05, 3.63) is 11.9 Å². The van der Waals surface area contributed by atoms with Crippen molar-refractivity contribution >= 4 is 30.5 Å². The van der Waals surface area contributed by atoms with E-state index in [1.54, 1.807) is 0 Å². The fourth-order valence-corrected chi connectivity index (χ4v) is 2.65. The molecule has 3 heterocycles. The predicted octanol–water partition coefficient (Wildman–Crippen LogP) is -0.245. The number of hydrogen-bond acceptors (Lipinski definition) is 8. The third-order valence-corrected chi connectivity index (χ3v) is 3.73. The number of rotatable bonds is 3. The summed E-state index contributed by atoms with van der Waals surface area (Å²) in [7, 11) is -4.20. The van der Waals surface area contributed by atoms with E-state index in [4.69, 9.17) is 26.0 Å². The molecule has 11 nitrogen and oxygen atoms in total. The molecule has 22 heavy (non-hydrogen) atoms. The molecule has 2 aromatic heterocycles. The molecule has 0 aliphatic carbocycles. The second-order valence-electron chi connectivity index (χ2n) is 4.81. The van der Waals surface area contributed by atoms with E-state index >= 15 is 0 Å². The van der Waals surface area contributed by atoms with Gasteiger partial charge in [-0.1, -0.05) is 5.21 Å². The molecule has 2 aromatic rings. The summed E-state index contributed by atoms with van der Waals surface area (Å²) >= 11 is 0. The number of hydrogen-bond donors (Lipinski definition) is 4. The number of nitrogens with two attached hydrogens (primary N) is 2. The molecule has 118 valence electrons. The maximum Gasteiger partial charge on any atom is 0.348 e. The van der Waals surface area contributed by atoms with Crippen molar-refractivity contribution in [2.24, 2.45) is 0 Å². The first-order valence-electron chi connectivity index (χ1n) is 6.37. The number of nitrogen functional groups attached to an aromatic ring is 2. The predicted molar refractivity (Wildman–Crippen MR) is 76.3 cm³/mol. The zero-order valence-corrected chi connectivity index (χ0v) is 12.2. The average Bonchev–Trinajstić information content (AvgIpc) is 3.01. The van der Waals surface area contributed by atoms with Gasteiger partial charge in [0, 0.05) is 5.82 Å². The molecule has 0 amide bonds. The third-order valence-electron chi connectivity index (χ3n) is 3.17. The van der Waals surface area contributed by atoms with Gasteiger partial charge in [-0.3, -0.25) is 4.57 Å². The normalized spacial score (nSPS) is 22.8. The van der Waals surface area contributed by atoms with Gasteiger partial charge in [-0.2, -0.15) is 14.6 Å². The van der Waals surface area contributed by atoms with Crippen LogP contribution in [0.3, 0.4) is 0 Å². The van der Waals surface area contributed by atoms with Crippen LogP contribution in [0, 0.1) is 0 Å². The van der Waals surface area contributed by atoms with Gasteiger partial charge in [0.05, 0.1) is 6.10 Å². The minimum absolute atomic E-state index is 0.00416. The number of aromatic nitrogens is 5. The van der Waals surface area contributed by atoms with Gasteiger partial charge in [-0.25, -0.2) is 0 Å². The van der Waals surface area contributed by atoms with Crippen molar-refractivity contribution in [1.82, 2.24) is 25.0 Å². The molecule has 0 spiro atoms. The van der Waals surface area contributed by atoms with Crippen LogP contribution >= 0.6 is 7.60 Å². The summed E-state index contributed by atoms with van der Waals surface area (Å²) in [5, 5.41) is 7.85. The molecule has 0 saturated carbocycles. The maximum absolute atomic E-state index is 10.8. The van der Waals surface area contributed by atoms with E-state index in [1.165, 1.54) is 10.8 Å². The average molecular weight is 327 g/mol. The van der Waals surface area contributed by atoms with Crippen molar-refractivity contribution in [2.45, 2.75) is 25.2 Å². The Bertz CT molecular complexity index is 785. The topological polar surface area (TPSA) is 175 Å². The summed E-state index contributed by atoms with van der Waals surface area (Å²) in [5.41, 5.74) is 12.0. The molecular formula is C10H14N7O4P. The highest BCUT2D eigenvalue weighted by Crippen LogP contribution is 2.38. The molecule has 3 rings (SSSR count). The Balaban J connectivity index is 1.85. The summed E-state index contributed by atoms with van der Waals surface area (Å²) in [6, 6.07) is 0. The Labute approximate surface area is 124 Å². The molecule has 1 fully saturated rings. The first kappa shape index (κ1) is 14.9. The van der Waals surface area contributed by atoms with Gasteiger partial charge in [-0.15, -0.1) is 5.10 Å². The van der Waals surface area contributed by atoms with Crippen molar-refractivity contribution in [2.75, 3.05) is 11.5 Å². The van der Waals surface area contributed by atoms with Gasteiger partial charge >= 0.3 is 7.60 Å². The Morgan fingerprint density at radius 2 is 2.09 bits per heavy atom. The lowest BCUT2D eigenvalue weighted by Gasteiger charge is -2.11. The Hall–Kier alpha value is -2.07. The monoisotopic (exact) mass is 327 g/mol. The van der Waals surface area contributed by atoms with Crippen LogP contribution in [0.2, 0.25) is 0 Å². The van der Waals surface area contributed by atoms with Crippen molar-refractivity contribution in [3.8, 4) is 0 Å². The lowest BCUT2D eigenvalue weighted by atomic mass is 10.2. The molecule has 0 bridgehead atoms. The SMILES string of the molecule is Nc1nc(N)c2nnn([C@H]3CC[C@@H](/C=C/P(=O)(O)O)O3)c2n1. The van der Waals surface area contributed by atoms with Gasteiger partial charge in [0.15, 0.2) is 23.2 Å². The molecule has 1 saturated heterocycles. The van der Waals surface area contributed by atoms with Crippen molar-refractivity contribution < 1.29 is 19.1 Å². The van der Waals surface area contributed by atoms with Crippen LogP contribution in [0.1, 0.15) is 19.1 Å². The van der Waals surface area contributed by atoms with Crippen molar-refractivity contribution in [1.29, 1.82) is 0 Å². The molecule has 6 N–H and O–H groups in total.